The molecule has 8 nitrogen and oxygen atoms in total. The zero-order valence-corrected chi connectivity index (χ0v) is 15.0. The minimum Gasteiger partial charge on any atom is -0.502 e. The quantitative estimate of drug-likeness (QED) is 0.767. The average Bonchev–Trinajstić information content (AvgIpc) is 2.61. The highest BCUT2D eigenvalue weighted by molar-refractivity contribution is 5.76. The summed E-state index contributed by atoms with van der Waals surface area (Å²) in [5, 5.41) is 10.2. The Hall–Kier alpha value is -3.16. The van der Waals surface area contributed by atoms with E-state index >= 15 is 0 Å². The van der Waals surface area contributed by atoms with Crippen molar-refractivity contribution in [2.24, 2.45) is 5.73 Å². The van der Waals surface area contributed by atoms with Crippen LogP contribution < -0.4 is 25.4 Å². The summed E-state index contributed by atoms with van der Waals surface area (Å²) in [6, 6.07) is 4.33. The lowest BCUT2D eigenvalue weighted by Gasteiger charge is -2.21. The molecule has 1 atom stereocenters. The summed E-state index contributed by atoms with van der Waals surface area (Å²) in [5.74, 6) is -0.703. The van der Waals surface area contributed by atoms with Gasteiger partial charge < -0.3 is 29.5 Å². The number of rotatable bonds is 7. The van der Waals surface area contributed by atoms with E-state index < -0.39 is 23.0 Å². The zero-order valence-electron chi connectivity index (χ0n) is 15.0. The fourth-order valence-corrected chi connectivity index (χ4v) is 2.73. The standard InChI is InChI=1S/C18H21NO7/c1-9-5-12(20)17(22)18(26-9)11(7-16(19)21)10-6-14(24-3)15(25-4)8-13(10)23-2/h5-6,8,11,22H,7H2,1-4H3,(H2,19,21)/t11-/m1/s1. The molecule has 2 rings (SSSR count). The normalized spacial score (nSPS) is 11.7. The lowest BCUT2D eigenvalue weighted by atomic mass is 9.90. The van der Waals surface area contributed by atoms with Crippen molar-refractivity contribution in [3.63, 3.8) is 0 Å². The maximum Gasteiger partial charge on any atom is 0.227 e. The van der Waals surface area contributed by atoms with Crippen LogP contribution >= 0.6 is 0 Å². The largest absolute Gasteiger partial charge is 0.502 e. The first-order valence-corrected chi connectivity index (χ1v) is 7.74. The van der Waals surface area contributed by atoms with Gasteiger partial charge in [-0.15, -0.1) is 0 Å². The van der Waals surface area contributed by atoms with Crippen molar-refractivity contribution in [2.45, 2.75) is 19.3 Å². The van der Waals surface area contributed by atoms with E-state index in [0.29, 0.717) is 22.8 Å². The summed E-state index contributed by atoms with van der Waals surface area (Å²) in [6.07, 6.45) is -0.216. The van der Waals surface area contributed by atoms with Gasteiger partial charge in [0.2, 0.25) is 17.1 Å². The number of primary amides is 1. The molecular weight excluding hydrogens is 342 g/mol. The predicted octanol–water partition coefficient (Wildman–Crippen LogP) is 1.69. The Balaban J connectivity index is 2.76. The number of ether oxygens (including phenoxy) is 3. The Morgan fingerprint density at radius 1 is 1.12 bits per heavy atom. The number of benzene rings is 1. The number of hydrogen-bond donors (Lipinski definition) is 2. The lowest BCUT2D eigenvalue weighted by molar-refractivity contribution is -0.118. The number of carbonyl (C=O) groups is 1. The van der Waals surface area contributed by atoms with Gasteiger partial charge in [-0.1, -0.05) is 0 Å². The van der Waals surface area contributed by atoms with Crippen LogP contribution in [-0.4, -0.2) is 32.3 Å². The van der Waals surface area contributed by atoms with Crippen LogP contribution in [0.2, 0.25) is 0 Å². The smallest absolute Gasteiger partial charge is 0.227 e. The van der Waals surface area contributed by atoms with Gasteiger partial charge in [-0.2, -0.15) is 0 Å². The fraction of sp³-hybridized carbons (Fsp3) is 0.333. The minimum absolute atomic E-state index is 0.0701. The van der Waals surface area contributed by atoms with Crippen LogP contribution in [0.4, 0.5) is 0 Å². The van der Waals surface area contributed by atoms with Crippen molar-refractivity contribution in [3.8, 4) is 23.0 Å². The van der Waals surface area contributed by atoms with Crippen LogP contribution in [0, 0.1) is 6.92 Å². The molecule has 0 aliphatic rings. The molecule has 0 fully saturated rings. The number of hydrogen-bond acceptors (Lipinski definition) is 7. The van der Waals surface area contributed by atoms with E-state index in [-0.39, 0.29) is 17.9 Å². The molecule has 0 spiro atoms. The molecule has 3 N–H and O–H groups in total. The molecule has 0 saturated carbocycles. The predicted molar refractivity (Wildman–Crippen MR) is 93.1 cm³/mol. The Labute approximate surface area is 150 Å². The van der Waals surface area contributed by atoms with Crippen LogP contribution in [-0.2, 0) is 4.79 Å². The summed E-state index contributed by atoms with van der Waals surface area (Å²) in [6.45, 7) is 1.57. The van der Waals surface area contributed by atoms with Gasteiger partial charge >= 0.3 is 0 Å². The van der Waals surface area contributed by atoms with Crippen molar-refractivity contribution < 1.29 is 28.5 Å². The van der Waals surface area contributed by atoms with Crippen molar-refractivity contribution in [2.75, 3.05) is 21.3 Å². The van der Waals surface area contributed by atoms with Crippen LogP contribution in [0.15, 0.2) is 27.4 Å². The average molecular weight is 363 g/mol. The number of carbonyl (C=O) groups excluding carboxylic acids is 1. The van der Waals surface area contributed by atoms with Gasteiger partial charge in [-0.05, 0) is 13.0 Å². The molecule has 1 heterocycles. The SMILES string of the molecule is COc1cc(OC)c([C@@H](CC(N)=O)c2oc(C)cc(=O)c2O)cc1OC. The zero-order chi connectivity index (χ0) is 19.4. The van der Waals surface area contributed by atoms with Gasteiger partial charge in [0.05, 0.1) is 27.2 Å². The van der Waals surface area contributed by atoms with E-state index in [4.69, 9.17) is 24.4 Å². The van der Waals surface area contributed by atoms with Crippen molar-refractivity contribution in [3.05, 3.63) is 45.5 Å². The van der Waals surface area contributed by atoms with Crippen LogP contribution in [0.3, 0.4) is 0 Å². The fourth-order valence-electron chi connectivity index (χ4n) is 2.73. The Bertz CT molecular complexity index is 873. The molecule has 0 bridgehead atoms. The van der Waals surface area contributed by atoms with Gasteiger partial charge in [-0.3, -0.25) is 9.59 Å². The van der Waals surface area contributed by atoms with E-state index in [1.807, 2.05) is 0 Å². The van der Waals surface area contributed by atoms with Crippen molar-refractivity contribution >= 4 is 5.91 Å². The van der Waals surface area contributed by atoms with E-state index in [9.17, 15) is 14.7 Å². The lowest BCUT2D eigenvalue weighted by Crippen LogP contribution is -2.18. The summed E-state index contributed by atoms with van der Waals surface area (Å²) in [7, 11) is 4.38. The molecule has 0 aliphatic carbocycles. The monoisotopic (exact) mass is 363 g/mol. The first-order valence-electron chi connectivity index (χ1n) is 7.74. The Kier molecular flexibility index (Phi) is 5.76. The van der Waals surface area contributed by atoms with Gasteiger partial charge in [0, 0.05) is 24.1 Å². The summed E-state index contributed by atoms with van der Waals surface area (Å²) in [5.41, 5.74) is 5.21. The number of nitrogens with two attached hydrogens (primary N) is 1. The maximum atomic E-state index is 12.0. The van der Waals surface area contributed by atoms with Crippen LogP contribution in [0.1, 0.15) is 29.4 Å². The molecule has 140 valence electrons. The molecule has 2 aromatic rings. The van der Waals surface area contributed by atoms with Crippen LogP contribution in [0.5, 0.6) is 23.0 Å². The summed E-state index contributed by atoms with van der Waals surface area (Å²) >= 11 is 0. The van der Waals surface area contributed by atoms with Gasteiger partial charge in [0.15, 0.2) is 17.3 Å². The third kappa shape index (κ3) is 3.74. The molecular formula is C18H21NO7. The number of methoxy groups -OCH3 is 3. The number of amides is 1. The molecule has 0 aliphatic heterocycles. The topological polar surface area (TPSA) is 121 Å². The third-order valence-corrected chi connectivity index (χ3v) is 3.91. The highest BCUT2D eigenvalue weighted by Crippen LogP contribution is 2.43. The molecule has 0 unspecified atom stereocenters. The molecule has 1 amide bonds. The number of aryl methyl sites for hydroxylation is 1. The second kappa shape index (κ2) is 7.81. The minimum atomic E-state index is -0.852. The summed E-state index contributed by atoms with van der Waals surface area (Å²) < 4.78 is 21.5. The highest BCUT2D eigenvalue weighted by atomic mass is 16.5. The van der Waals surface area contributed by atoms with Crippen LogP contribution in [0.25, 0.3) is 0 Å². The third-order valence-electron chi connectivity index (χ3n) is 3.91. The van der Waals surface area contributed by atoms with Crippen molar-refractivity contribution in [1.82, 2.24) is 0 Å². The molecule has 0 radical (unpaired) electrons. The molecule has 1 aromatic carbocycles. The number of aromatic hydroxyl groups is 1. The Morgan fingerprint density at radius 3 is 2.23 bits per heavy atom. The van der Waals surface area contributed by atoms with Gasteiger partial charge in [0.1, 0.15) is 11.5 Å². The molecule has 8 heteroatoms. The summed E-state index contributed by atoms with van der Waals surface area (Å²) in [4.78, 5) is 23.6. The second-order valence-corrected chi connectivity index (χ2v) is 5.61. The van der Waals surface area contributed by atoms with Gasteiger partial charge in [0.25, 0.3) is 0 Å². The van der Waals surface area contributed by atoms with E-state index in [1.165, 1.54) is 21.3 Å². The van der Waals surface area contributed by atoms with E-state index in [2.05, 4.69) is 0 Å². The first-order chi connectivity index (χ1) is 12.3. The first kappa shape index (κ1) is 19.2. The van der Waals surface area contributed by atoms with E-state index in [0.717, 1.165) is 6.07 Å². The van der Waals surface area contributed by atoms with Gasteiger partial charge in [-0.25, -0.2) is 0 Å². The molecule has 1 aromatic heterocycles. The molecule has 26 heavy (non-hydrogen) atoms. The second-order valence-electron chi connectivity index (χ2n) is 5.61. The van der Waals surface area contributed by atoms with E-state index in [1.54, 1.807) is 19.1 Å². The highest BCUT2D eigenvalue weighted by Gasteiger charge is 2.29. The van der Waals surface area contributed by atoms with Crippen molar-refractivity contribution in [1.29, 1.82) is 0 Å². The molecule has 0 saturated heterocycles. The maximum absolute atomic E-state index is 12.0. The Morgan fingerprint density at radius 2 is 1.69 bits per heavy atom.